The van der Waals surface area contributed by atoms with Crippen LogP contribution in [0.1, 0.15) is 29.3 Å². The number of carboxylic acids is 1. The van der Waals surface area contributed by atoms with E-state index in [4.69, 9.17) is 5.11 Å². The van der Waals surface area contributed by atoms with Crippen LogP contribution in [0.2, 0.25) is 0 Å². The molecule has 0 aromatic heterocycles. The first-order valence-corrected chi connectivity index (χ1v) is 7.29. The predicted octanol–water partition coefficient (Wildman–Crippen LogP) is 2.53. The quantitative estimate of drug-likeness (QED) is 0.811. The number of likely N-dealkylation sites (tertiary alicyclic amines) is 1. The molecule has 0 bridgehead atoms. The maximum absolute atomic E-state index is 12.5. The van der Waals surface area contributed by atoms with Crippen LogP contribution < -0.4 is 0 Å². The minimum absolute atomic E-state index is 0.0654. The lowest BCUT2D eigenvalue weighted by Crippen LogP contribution is -2.38. The Morgan fingerprint density at radius 1 is 1.42 bits per heavy atom. The molecule has 1 aromatic carbocycles. The highest BCUT2D eigenvalue weighted by molar-refractivity contribution is 14.1. The molecule has 1 heterocycles. The van der Waals surface area contributed by atoms with Crippen LogP contribution in [0.15, 0.2) is 18.2 Å². The summed E-state index contributed by atoms with van der Waals surface area (Å²) in [6, 6.07) is 5.50. The van der Waals surface area contributed by atoms with Gasteiger partial charge in [-0.05, 0) is 55.0 Å². The summed E-state index contributed by atoms with van der Waals surface area (Å²) in [5.41, 5.74) is 1.70. The third-order valence-electron chi connectivity index (χ3n) is 3.69. The molecule has 5 heteroatoms. The largest absolute Gasteiger partial charge is 0.481 e. The van der Waals surface area contributed by atoms with Gasteiger partial charge in [-0.3, -0.25) is 9.59 Å². The second-order valence-corrected chi connectivity index (χ2v) is 6.12. The molecule has 1 aromatic rings. The summed E-state index contributed by atoms with van der Waals surface area (Å²) in [6.07, 6.45) is 0.532. The van der Waals surface area contributed by atoms with Gasteiger partial charge in [0.1, 0.15) is 0 Å². The van der Waals surface area contributed by atoms with E-state index in [1.165, 1.54) is 0 Å². The van der Waals surface area contributed by atoms with Crippen molar-refractivity contribution in [1.82, 2.24) is 4.90 Å². The van der Waals surface area contributed by atoms with Gasteiger partial charge in [0.05, 0.1) is 11.5 Å². The van der Waals surface area contributed by atoms with Gasteiger partial charge in [0.2, 0.25) is 0 Å². The third kappa shape index (κ3) is 2.75. The standard InChI is InChI=1S/C14H16INO3/c1-8-3-4-12(15)11(7-8)13(17)16-6-5-10(9(16)2)14(18)19/h3-4,7,9-10H,5-6H2,1-2H3,(H,18,19). The van der Waals surface area contributed by atoms with Crippen molar-refractivity contribution < 1.29 is 14.7 Å². The van der Waals surface area contributed by atoms with Crippen molar-refractivity contribution in [3.8, 4) is 0 Å². The maximum atomic E-state index is 12.5. The van der Waals surface area contributed by atoms with Gasteiger partial charge < -0.3 is 10.0 Å². The summed E-state index contributed by atoms with van der Waals surface area (Å²) in [6.45, 7) is 4.27. The van der Waals surface area contributed by atoms with E-state index >= 15 is 0 Å². The Kier molecular flexibility index (Phi) is 4.13. The van der Waals surface area contributed by atoms with E-state index in [-0.39, 0.29) is 11.9 Å². The molecule has 0 spiro atoms. The van der Waals surface area contributed by atoms with Crippen molar-refractivity contribution >= 4 is 34.5 Å². The van der Waals surface area contributed by atoms with Gasteiger partial charge in [-0.15, -0.1) is 0 Å². The first-order valence-electron chi connectivity index (χ1n) is 6.21. The number of aryl methyl sites for hydroxylation is 1. The van der Waals surface area contributed by atoms with Crippen LogP contribution in [-0.2, 0) is 4.79 Å². The van der Waals surface area contributed by atoms with E-state index < -0.39 is 11.9 Å². The highest BCUT2D eigenvalue weighted by Crippen LogP contribution is 2.27. The van der Waals surface area contributed by atoms with Crippen LogP contribution in [0.5, 0.6) is 0 Å². The fourth-order valence-corrected chi connectivity index (χ4v) is 3.08. The predicted molar refractivity (Wildman–Crippen MR) is 80.1 cm³/mol. The molecule has 1 aliphatic heterocycles. The van der Waals surface area contributed by atoms with Gasteiger partial charge in [-0.2, -0.15) is 0 Å². The second-order valence-electron chi connectivity index (χ2n) is 4.96. The Labute approximate surface area is 125 Å². The van der Waals surface area contributed by atoms with Crippen molar-refractivity contribution in [2.75, 3.05) is 6.54 Å². The number of amides is 1. The number of carbonyl (C=O) groups is 2. The Balaban J connectivity index is 2.26. The fraction of sp³-hybridized carbons (Fsp3) is 0.429. The summed E-state index contributed by atoms with van der Waals surface area (Å²) in [7, 11) is 0. The normalized spacial score (nSPS) is 22.6. The maximum Gasteiger partial charge on any atom is 0.308 e. The Hall–Kier alpha value is -1.11. The van der Waals surface area contributed by atoms with Gasteiger partial charge in [0, 0.05) is 16.2 Å². The van der Waals surface area contributed by atoms with Crippen molar-refractivity contribution in [2.24, 2.45) is 5.92 Å². The average Bonchev–Trinajstić information content (AvgIpc) is 2.73. The molecule has 1 saturated heterocycles. The first-order chi connectivity index (χ1) is 8.91. The van der Waals surface area contributed by atoms with E-state index in [9.17, 15) is 9.59 Å². The number of benzene rings is 1. The molecular weight excluding hydrogens is 357 g/mol. The van der Waals surface area contributed by atoms with E-state index in [0.717, 1.165) is 9.13 Å². The number of rotatable bonds is 2. The number of aliphatic carboxylic acids is 1. The van der Waals surface area contributed by atoms with Crippen LogP contribution >= 0.6 is 22.6 Å². The van der Waals surface area contributed by atoms with Gasteiger partial charge in [-0.1, -0.05) is 11.6 Å². The monoisotopic (exact) mass is 373 g/mol. The zero-order valence-electron chi connectivity index (χ0n) is 10.9. The van der Waals surface area contributed by atoms with Crippen LogP contribution in [0, 0.1) is 16.4 Å². The second kappa shape index (κ2) is 5.48. The van der Waals surface area contributed by atoms with Crippen molar-refractivity contribution in [3.63, 3.8) is 0 Å². The lowest BCUT2D eigenvalue weighted by molar-refractivity contribution is -0.142. The van der Waals surface area contributed by atoms with Crippen LogP contribution in [0.3, 0.4) is 0 Å². The number of halogens is 1. The molecule has 1 aliphatic rings. The topological polar surface area (TPSA) is 57.6 Å². The minimum Gasteiger partial charge on any atom is -0.481 e. The highest BCUT2D eigenvalue weighted by Gasteiger charge is 2.38. The molecule has 19 heavy (non-hydrogen) atoms. The Bertz CT molecular complexity index is 529. The summed E-state index contributed by atoms with van der Waals surface area (Å²) >= 11 is 2.14. The third-order valence-corrected chi connectivity index (χ3v) is 4.63. The van der Waals surface area contributed by atoms with E-state index in [0.29, 0.717) is 18.5 Å². The summed E-state index contributed by atoms with van der Waals surface area (Å²) in [4.78, 5) is 25.3. The molecule has 102 valence electrons. The SMILES string of the molecule is Cc1ccc(I)c(C(=O)N2CCC(C(=O)O)C2C)c1. The first kappa shape index (κ1) is 14.3. The zero-order chi connectivity index (χ0) is 14.2. The molecule has 4 nitrogen and oxygen atoms in total. The molecule has 2 atom stereocenters. The molecule has 2 unspecified atom stereocenters. The molecule has 1 N–H and O–H groups in total. The summed E-state index contributed by atoms with van der Waals surface area (Å²) in [5, 5.41) is 9.11. The van der Waals surface area contributed by atoms with Crippen molar-refractivity contribution in [2.45, 2.75) is 26.3 Å². The Morgan fingerprint density at radius 3 is 2.68 bits per heavy atom. The van der Waals surface area contributed by atoms with E-state index in [2.05, 4.69) is 22.6 Å². The smallest absolute Gasteiger partial charge is 0.308 e. The fourth-order valence-electron chi connectivity index (χ4n) is 2.51. The molecule has 0 radical (unpaired) electrons. The lowest BCUT2D eigenvalue weighted by atomic mass is 10.0. The molecular formula is C14H16INO3. The van der Waals surface area contributed by atoms with Crippen molar-refractivity contribution in [3.05, 3.63) is 32.9 Å². The van der Waals surface area contributed by atoms with Crippen molar-refractivity contribution in [1.29, 1.82) is 0 Å². The van der Waals surface area contributed by atoms with Gasteiger partial charge in [0.25, 0.3) is 5.91 Å². The highest BCUT2D eigenvalue weighted by atomic mass is 127. The molecule has 0 aliphatic carbocycles. The molecule has 1 amide bonds. The van der Waals surface area contributed by atoms with Gasteiger partial charge in [-0.25, -0.2) is 0 Å². The Morgan fingerprint density at radius 2 is 2.11 bits per heavy atom. The summed E-state index contributed by atoms with van der Waals surface area (Å²) < 4.78 is 0.902. The summed E-state index contributed by atoms with van der Waals surface area (Å²) in [5.74, 6) is -1.34. The molecule has 0 saturated carbocycles. The molecule has 2 rings (SSSR count). The van der Waals surface area contributed by atoms with E-state index in [1.54, 1.807) is 4.90 Å². The lowest BCUT2D eigenvalue weighted by Gasteiger charge is -2.24. The van der Waals surface area contributed by atoms with Gasteiger partial charge in [0.15, 0.2) is 0 Å². The minimum atomic E-state index is -0.818. The molecule has 1 fully saturated rings. The van der Waals surface area contributed by atoms with E-state index in [1.807, 2.05) is 32.0 Å². The number of nitrogens with zero attached hydrogens (tertiary/aromatic N) is 1. The number of hydrogen-bond donors (Lipinski definition) is 1. The zero-order valence-corrected chi connectivity index (χ0v) is 13.0. The van der Waals surface area contributed by atoms with Gasteiger partial charge >= 0.3 is 5.97 Å². The average molecular weight is 373 g/mol. The number of hydrogen-bond acceptors (Lipinski definition) is 2. The van der Waals surface area contributed by atoms with Crippen LogP contribution in [0.4, 0.5) is 0 Å². The van der Waals surface area contributed by atoms with Crippen LogP contribution in [0.25, 0.3) is 0 Å². The number of carbonyl (C=O) groups excluding carboxylic acids is 1. The number of carboxylic acid groups (broad SMARTS) is 1. The van der Waals surface area contributed by atoms with Crippen LogP contribution in [-0.4, -0.2) is 34.5 Å².